The Hall–Kier alpha value is -2.59. The van der Waals surface area contributed by atoms with E-state index in [0.29, 0.717) is 11.6 Å². The maximum Gasteiger partial charge on any atom is 0.337 e. The van der Waals surface area contributed by atoms with E-state index in [1.54, 1.807) is 0 Å². The molecule has 0 amide bonds. The molecular formula is C23H26N2O2. The Kier molecular flexibility index (Phi) is 5.26. The third-order valence-electron chi connectivity index (χ3n) is 5.44. The molecular weight excluding hydrogens is 336 g/mol. The Labute approximate surface area is 160 Å². The second kappa shape index (κ2) is 7.97. The zero-order chi connectivity index (χ0) is 18.6. The molecule has 4 rings (SSSR count). The highest BCUT2D eigenvalue weighted by atomic mass is 16.5. The second-order valence-electron chi connectivity index (χ2n) is 7.28. The number of anilines is 1. The van der Waals surface area contributed by atoms with Crippen LogP contribution in [0.2, 0.25) is 0 Å². The van der Waals surface area contributed by atoms with E-state index >= 15 is 0 Å². The van der Waals surface area contributed by atoms with E-state index in [0.717, 1.165) is 32.4 Å². The zero-order valence-corrected chi connectivity index (χ0v) is 15.8. The highest BCUT2D eigenvalue weighted by molar-refractivity contribution is 5.91. The predicted molar refractivity (Wildman–Crippen MR) is 109 cm³/mol. The molecule has 2 aromatic rings. The smallest absolute Gasteiger partial charge is 0.337 e. The molecule has 0 spiro atoms. The van der Waals surface area contributed by atoms with Crippen LogP contribution in [0.25, 0.3) is 5.57 Å². The van der Waals surface area contributed by atoms with Gasteiger partial charge in [-0.3, -0.25) is 0 Å². The maximum atomic E-state index is 11.9. The molecule has 1 saturated heterocycles. The third-order valence-corrected chi connectivity index (χ3v) is 5.44. The molecule has 2 aromatic carbocycles. The van der Waals surface area contributed by atoms with Gasteiger partial charge in [-0.05, 0) is 78.8 Å². The van der Waals surface area contributed by atoms with Gasteiger partial charge < -0.3 is 15.4 Å². The molecule has 1 fully saturated rings. The monoisotopic (exact) mass is 362 g/mol. The molecule has 4 nitrogen and oxygen atoms in total. The fraction of sp³-hybridized carbons (Fsp3) is 0.348. The summed E-state index contributed by atoms with van der Waals surface area (Å²) in [5.74, 6) is -0.274. The number of rotatable bonds is 4. The largest absolute Gasteiger partial charge is 0.465 e. The summed E-state index contributed by atoms with van der Waals surface area (Å²) in [6, 6.07) is 15.2. The second-order valence-corrected chi connectivity index (χ2v) is 7.28. The zero-order valence-electron chi connectivity index (χ0n) is 15.8. The number of benzene rings is 2. The van der Waals surface area contributed by atoms with Crippen LogP contribution in [-0.4, -0.2) is 32.2 Å². The number of carbonyl (C=O) groups excluding carboxylic acids is 1. The summed E-state index contributed by atoms with van der Waals surface area (Å²) in [7, 11) is 1.43. The van der Waals surface area contributed by atoms with Crippen LogP contribution in [0.4, 0.5) is 5.69 Å². The number of fused-ring (bicyclic) bond motifs is 1. The number of carbonyl (C=O) groups is 1. The quantitative estimate of drug-likeness (QED) is 0.807. The lowest BCUT2D eigenvalue weighted by Gasteiger charge is -2.15. The summed E-state index contributed by atoms with van der Waals surface area (Å²) in [5, 5.41) is 6.98. The molecule has 1 aliphatic carbocycles. The van der Waals surface area contributed by atoms with Crippen LogP contribution >= 0.6 is 0 Å². The Morgan fingerprint density at radius 1 is 1.19 bits per heavy atom. The van der Waals surface area contributed by atoms with Crippen LogP contribution in [-0.2, 0) is 11.2 Å². The van der Waals surface area contributed by atoms with Crippen molar-refractivity contribution >= 4 is 17.2 Å². The van der Waals surface area contributed by atoms with Gasteiger partial charge in [-0.1, -0.05) is 24.3 Å². The van der Waals surface area contributed by atoms with Gasteiger partial charge >= 0.3 is 5.97 Å². The standard InChI is InChI=1S/C23H26N2O2/c1-27-23(26)18-8-11-22-17(14-18)4-2-3-5-21(22)16-6-9-19(10-7-16)25-20-12-13-24-15-20/h5-11,14,20,24-25H,2-4,12-13,15H2,1H3/t20-/m0/s1. The minimum atomic E-state index is -0.274. The van der Waals surface area contributed by atoms with Gasteiger partial charge in [-0.2, -0.15) is 0 Å². The van der Waals surface area contributed by atoms with Crippen molar-refractivity contribution in [3.8, 4) is 0 Å². The number of ether oxygens (including phenoxy) is 1. The van der Waals surface area contributed by atoms with Crippen molar-refractivity contribution in [2.24, 2.45) is 0 Å². The summed E-state index contributed by atoms with van der Waals surface area (Å²) in [6.07, 6.45) is 6.62. The maximum absolute atomic E-state index is 11.9. The Morgan fingerprint density at radius 3 is 2.78 bits per heavy atom. The number of methoxy groups -OCH3 is 1. The minimum absolute atomic E-state index is 0.274. The summed E-state index contributed by atoms with van der Waals surface area (Å²) < 4.78 is 4.87. The van der Waals surface area contributed by atoms with Crippen molar-refractivity contribution < 1.29 is 9.53 Å². The van der Waals surface area contributed by atoms with E-state index in [1.807, 2.05) is 12.1 Å². The molecule has 1 aliphatic heterocycles. The summed E-state index contributed by atoms with van der Waals surface area (Å²) in [5.41, 5.74) is 6.72. The van der Waals surface area contributed by atoms with Gasteiger partial charge in [-0.25, -0.2) is 4.79 Å². The molecule has 0 unspecified atom stereocenters. The first kappa shape index (κ1) is 17.8. The first-order valence-electron chi connectivity index (χ1n) is 9.74. The SMILES string of the molecule is COC(=O)c1ccc2c(c1)CCCC=C2c1ccc(N[C@H]2CCNC2)cc1. The molecule has 140 valence electrons. The van der Waals surface area contributed by atoms with Gasteiger partial charge in [0.2, 0.25) is 0 Å². The van der Waals surface area contributed by atoms with Gasteiger partial charge in [0.1, 0.15) is 0 Å². The lowest BCUT2D eigenvalue weighted by molar-refractivity contribution is 0.0600. The average Bonchev–Trinajstić information content (AvgIpc) is 3.12. The topological polar surface area (TPSA) is 50.4 Å². The van der Waals surface area contributed by atoms with Gasteiger partial charge in [0.25, 0.3) is 0 Å². The molecule has 2 N–H and O–H groups in total. The molecule has 0 bridgehead atoms. The summed E-state index contributed by atoms with van der Waals surface area (Å²) in [4.78, 5) is 11.9. The van der Waals surface area contributed by atoms with Crippen molar-refractivity contribution in [3.63, 3.8) is 0 Å². The van der Waals surface area contributed by atoms with Gasteiger partial charge in [0.05, 0.1) is 12.7 Å². The summed E-state index contributed by atoms with van der Waals surface area (Å²) >= 11 is 0. The normalized spacial score (nSPS) is 19.0. The number of hydrogen-bond donors (Lipinski definition) is 2. The van der Waals surface area contributed by atoms with Crippen molar-refractivity contribution in [3.05, 3.63) is 70.8 Å². The van der Waals surface area contributed by atoms with Gasteiger partial charge in [0, 0.05) is 18.3 Å². The van der Waals surface area contributed by atoms with Crippen molar-refractivity contribution in [1.82, 2.24) is 5.32 Å². The van der Waals surface area contributed by atoms with Crippen LogP contribution < -0.4 is 10.6 Å². The van der Waals surface area contributed by atoms with E-state index in [4.69, 9.17) is 4.74 Å². The van der Waals surface area contributed by atoms with E-state index in [-0.39, 0.29) is 5.97 Å². The predicted octanol–water partition coefficient (Wildman–Crippen LogP) is 4.02. The third kappa shape index (κ3) is 3.91. The molecule has 0 aromatic heterocycles. The molecule has 1 heterocycles. The Morgan fingerprint density at radius 2 is 2.04 bits per heavy atom. The van der Waals surface area contributed by atoms with Crippen LogP contribution in [0.1, 0.15) is 46.3 Å². The molecule has 1 atom stereocenters. The van der Waals surface area contributed by atoms with E-state index in [9.17, 15) is 4.79 Å². The highest BCUT2D eigenvalue weighted by Crippen LogP contribution is 2.32. The van der Waals surface area contributed by atoms with Crippen LogP contribution in [0.15, 0.2) is 48.5 Å². The van der Waals surface area contributed by atoms with E-state index in [2.05, 4.69) is 47.0 Å². The van der Waals surface area contributed by atoms with Gasteiger partial charge in [-0.15, -0.1) is 0 Å². The fourth-order valence-electron chi connectivity index (χ4n) is 3.99. The number of hydrogen-bond acceptors (Lipinski definition) is 4. The molecule has 0 radical (unpaired) electrons. The summed E-state index contributed by atoms with van der Waals surface area (Å²) in [6.45, 7) is 2.12. The van der Waals surface area contributed by atoms with Gasteiger partial charge in [0.15, 0.2) is 0 Å². The first-order valence-corrected chi connectivity index (χ1v) is 9.74. The Balaban J connectivity index is 1.60. The highest BCUT2D eigenvalue weighted by Gasteiger charge is 2.17. The number of nitrogens with one attached hydrogen (secondary N) is 2. The lowest BCUT2D eigenvalue weighted by Crippen LogP contribution is -2.21. The molecule has 4 heteroatoms. The van der Waals surface area contributed by atoms with E-state index in [1.165, 1.54) is 41.5 Å². The van der Waals surface area contributed by atoms with Crippen LogP contribution in [0.3, 0.4) is 0 Å². The van der Waals surface area contributed by atoms with Crippen molar-refractivity contribution in [1.29, 1.82) is 0 Å². The number of aryl methyl sites for hydroxylation is 1. The first-order chi connectivity index (χ1) is 13.2. The fourth-order valence-corrected chi connectivity index (χ4v) is 3.99. The number of allylic oxidation sites excluding steroid dienone is 1. The number of esters is 1. The van der Waals surface area contributed by atoms with Crippen molar-refractivity contribution in [2.75, 3.05) is 25.5 Å². The molecule has 2 aliphatic rings. The Bertz CT molecular complexity index is 849. The van der Waals surface area contributed by atoms with Crippen molar-refractivity contribution in [2.45, 2.75) is 31.7 Å². The van der Waals surface area contributed by atoms with E-state index < -0.39 is 0 Å². The minimum Gasteiger partial charge on any atom is -0.465 e. The average molecular weight is 362 g/mol. The molecule has 27 heavy (non-hydrogen) atoms. The molecule has 0 saturated carbocycles. The van der Waals surface area contributed by atoms with Crippen LogP contribution in [0, 0.1) is 0 Å². The van der Waals surface area contributed by atoms with Crippen LogP contribution in [0.5, 0.6) is 0 Å². The lowest BCUT2D eigenvalue weighted by atomic mass is 9.92.